The van der Waals surface area contributed by atoms with Gasteiger partial charge in [0.25, 0.3) is 0 Å². The van der Waals surface area contributed by atoms with Crippen molar-refractivity contribution in [2.75, 3.05) is 11.9 Å². The van der Waals surface area contributed by atoms with Crippen LogP contribution in [0.4, 0.5) is 14.5 Å². The van der Waals surface area contributed by atoms with Gasteiger partial charge in [0.1, 0.15) is 11.6 Å². The van der Waals surface area contributed by atoms with E-state index in [-0.39, 0.29) is 18.5 Å². The summed E-state index contributed by atoms with van der Waals surface area (Å²) >= 11 is 0. The first-order valence-corrected chi connectivity index (χ1v) is 7.19. The second-order valence-electron chi connectivity index (χ2n) is 5.11. The molecule has 2 rings (SSSR count). The highest BCUT2D eigenvalue weighted by Crippen LogP contribution is 2.17. The Bertz CT molecular complexity index is 720. The average Bonchev–Trinajstić information content (AvgIpc) is 2.55. The maximum absolute atomic E-state index is 13.1. The van der Waals surface area contributed by atoms with Crippen molar-refractivity contribution in [1.29, 1.82) is 0 Å². The number of rotatable bonds is 6. The number of benzene rings is 2. The minimum atomic E-state index is -1.17. The van der Waals surface area contributed by atoms with Crippen molar-refractivity contribution >= 4 is 17.5 Å². The molecule has 0 saturated carbocycles. The SMILES string of the molecule is O=C(CC(O)c1cccc(F)c1)NCC(=O)Nc1ccc(F)cc1. The van der Waals surface area contributed by atoms with Gasteiger partial charge in [-0.05, 0) is 42.0 Å². The smallest absolute Gasteiger partial charge is 0.243 e. The van der Waals surface area contributed by atoms with Gasteiger partial charge < -0.3 is 15.7 Å². The zero-order valence-electron chi connectivity index (χ0n) is 12.6. The molecule has 0 saturated heterocycles. The summed E-state index contributed by atoms with van der Waals surface area (Å²) < 4.78 is 25.8. The third kappa shape index (κ3) is 5.44. The van der Waals surface area contributed by atoms with E-state index < -0.39 is 29.6 Å². The lowest BCUT2D eigenvalue weighted by Gasteiger charge is -2.11. The number of aliphatic hydroxyl groups excluding tert-OH is 1. The molecule has 0 heterocycles. The van der Waals surface area contributed by atoms with Gasteiger partial charge in [-0.1, -0.05) is 12.1 Å². The highest BCUT2D eigenvalue weighted by molar-refractivity contribution is 5.94. The molecule has 7 heteroatoms. The van der Waals surface area contributed by atoms with Crippen molar-refractivity contribution in [2.45, 2.75) is 12.5 Å². The van der Waals surface area contributed by atoms with Gasteiger partial charge in [-0.3, -0.25) is 9.59 Å². The van der Waals surface area contributed by atoms with E-state index in [0.717, 1.165) is 6.07 Å². The van der Waals surface area contributed by atoms with Crippen LogP contribution in [0.2, 0.25) is 0 Å². The second-order valence-corrected chi connectivity index (χ2v) is 5.11. The first-order chi connectivity index (χ1) is 11.4. The maximum Gasteiger partial charge on any atom is 0.243 e. The summed E-state index contributed by atoms with van der Waals surface area (Å²) in [6, 6.07) is 10.5. The summed E-state index contributed by atoms with van der Waals surface area (Å²) in [5, 5.41) is 14.7. The maximum atomic E-state index is 13.1. The van der Waals surface area contributed by atoms with Crippen LogP contribution in [0.5, 0.6) is 0 Å². The van der Waals surface area contributed by atoms with Crippen molar-refractivity contribution < 1.29 is 23.5 Å². The number of aliphatic hydroxyl groups is 1. The summed E-state index contributed by atoms with van der Waals surface area (Å²) in [6.45, 7) is -0.300. The van der Waals surface area contributed by atoms with E-state index in [9.17, 15) is 23.5 Å². The summed E-state index contributed by atoms with van der Waals surface area (Å²) in [5.41, 5.74) is 0.677. The first kappa shape index (κ1) is 17.6. The topological polar surface area (TPSA) is 78.4 Å². The van der Waals surface area contributed by atoms with Crippen molar-refractivity contribution in [1.82, 2.24) is 5.32 Å². The van der Waals surface area contributed by atoms with Crippen LogP contribution in [0.3, 0.4) is 0 Å². The Kier molecular flexibility index (Phi) is 5.97. The van der Waals surface area contributed by atoms with Crippen LogP contribution in [0.15, 0.2) is 48.5 Å². The fourth-order valence-corrected chi connectivity index (χ4v) is 2.00. The summed E-state index contributed by atoms with van der Waals surface area (Å²) in [5.74, 6) is -1.98. The molecule has 0 aliphatic heterocycles. The number of halogens is 2. The molecule has 0 bridgehead atoms. The van der Waals surface area contributed by atoms with E-state index in [1.807, 2.05) is 0 Å². The van der Waals surface area contributed by atoms with Gasteiger partial charge in [0.05, 0.1) is 19.1 Å². The van der Waals surface area contributed by atoms with Gasteiger partial charge in [0.15, 0.2) is 0 Å². The number of carbonyl (C=O) groups is 2. The quantitative estimate of drug-likeness (QED) is 0.757. The highest BCUT2D eigenvalue weighted by atomic mass is 19.1. The molecular weight excluding hydrogens is 318 g/mol. The third-order valence-corrected chi connectivity index (χ3v) is 3.19. The predicted octanol–water partition coefficient (Wildman–Crippen LogP) is 2.14. The number of anilines is 1. The van der Waals surface area contributed by atoms with Crippen LogP contribution in [-0.4, -0.2) is 23.5 Å². The summed E-state index contributed by atoms with van der Waals surface area (Å²) in [7, 11) is 0. The van der Waals surface area contributed by atoms with Crippen molar-refractivity contribution in [2.24, 2.45) is 0 Å². The molecule has 24 heavy (non-hydrogen) atoms. The molecule has 5 nitrogen and oxygen atoms in total. The van der Waals surface area contributed by atoms with Crippen molar-refractivity contribution in [3.05, 3.63) is 65.7 Å². The molecular formula is C17H16F2N2O3. The van der Waals surface area contributed by atoms with E-state index in [4.69, 9.17) is 0 Å². The van der Waals surface area contributed by atoms with Crippen LogP contribution >= 0.6 is 0 Å². The van der Waals surface area contributed by atoms with Crippen LogP contribution in [-0.2, 0) is 9.59 Å². The van der Waals surface area contributed by atoms with Gasteiger partial charge in [-0.2, -0.15) is 0 Å². The molecule has 2 aromatic rings. The lowest BCUT2D eigenvalue weighted by atomic mass is 10.1. The number of hydrogen-bond donors (Lipinski definition) is 3. The Morgan fingerprint density at radius 1 is 1.00 bits per heavy atom. The zero-order chi connectivity index (χ0) is 17.5. The molecule has 0 fully saturated rings. The van der Waals surface area contributed by atoms with Crippen molar-refractivity contribution in [3.63, 3.8) is 0 Å². The average molecular weight is 334 g/mol. The lowest BCUT2D eigenvalue weighted by Crippen LogP contribution is -2.33. The lowest BCUT2D eigenvalue weighted by molar-refractivity contribution is -0.125. The molecule has 1 atom stereocenters. The first-order valence-electron chi connectivity index (χ1n) is 7.19. The molecule has 0 spiro atoms. The largest absolute Gasteiger partial charge is 0.388 e. The Hall–Kier alpha value is -2.80. The van der Waals surface area contributed by atoms with Crippen LogP contribution < -0.4 is 10.6 Å². The highest BCUT2D eigenvalue weighted by Gasteiger charge is 2.14. The van der Waals surface area contributed by atoms with Crippen LogP contribution in [0.1, 0.15) is 18.1 Å². The molecule has 2 amide bonds. The minimum absolute atomic E-state index is 0.279. The van der Waals surface area contributed by atoms with Gasteiger partial charge in [0, 0.05) is 5.69 Å². The zero-order valence-corrected chi connectivity index (χ0v) is 12.6. The third-order valence-electron chi connectivity index (χ3n) is 3.19. The Morgan fingerprint density at radius 2 is 1.71 bits per heavy atom. The molecule has 2 aromatic carbocycles. The summed E-state index contributed by atoms with van der Waals surface area (Å²) in [4.78, 5) is 23.4. The molecule has 0 radical (unpaired) electrons. The van der Waals surface area contributed by atoms with Crippen LogP contribution in [0.25, 0.3) is 0 Å². The van der Waals surface area contributed by atoms with E-state index >= 15 is 0 Å². The normalized spacial score (nSPS) is 11.6. The summed E-state index contributed by atoms with van der Waals surface area (Å²) in [6.07, 6.45) is -1.46. The van der Waals surface area contributed by atoms with Gasteiger partial charge >= 0.3 is 0 Å². The van der Waals surface area contributed by atoms with Gasteiger partial charge in [0.2, 0.25) is 11.8 Å². The van der Waals surface area contributed by atoms with Crippen molar-refractivity contribution in [3.8, 4) is 0 Å². The fourth-order valence-electron chi connectivity index (χ4n) is 2.00. The van der Waals surface area contributed by atoms with E-state index in [2.05, 4.69) is 10.6 Å². The van der Waals surface area contributed by atoms with E-state index in [0.29, 0.717) is 5.69 Å². The van der Waals surface area contributed by atoms with E-state index in [1.54, 1.807) is 0 Å². The molecule has 1 unspecified atom stereocenters. The standard InChI is InChI=1S/C17H16F2N2O3/c18-12-4-6-14(7-5-12)21-17(24)10-20-16(23)9-15(22)11-2-1-3-13(19)8-11/h1-8,15,22H,9-10H2,(H,20,23)(H,21,24). The molecule has 3 N–H and O–H groups in total. The number of carbonyl (C=O) groups excluding carboxylic acids is 2. The van der Waals surface area contributed by atoms with Gasteiger partial charge in [-0.25, -0.2) is 8.78 Å². The molecule has 0 aromatic heterocycles. The number of nitrogens with one attached hydrogen (secondary N) is 2. The fraction of sp³-hybridized carbons (Fsp3) is 0.176. The molecule has 0 aliphatic carbocycles. The molecule has 0 aliphatic rings. The minimum Gasteiger partial charge on any atom is -0.388 e. The number of amides is 2. The van der Waals surface area contributed by atoms with Gasteiger partial charge in [-0.15, -0.1) is 0 Å². The Morgan fingerprint density at radius 3 is 2.38 bits per heavy atom. The molecule has 126 valence electrons. The number of hydrogen-bond acceptors (Lipinski definition) is 3. The second kappa shape index (κ2) is 8.16. The predicted molar refractivity (Wildman–Crippen MR) is 84.0 cm³/mol. The van der Waals surface area contributed by atoms with E-state index in [1.165, 1.54) is 42.5 Å². The Labute approximate surface area is 137 Å². The Balaban J connectivity index is 1.78. The van der Waals surface area contributed by atoms with Crippen LogP contribution in [0, 0.1) is 11.6 Å². The monoisotopic (exact) mass is 334 g/mol.